The molecule has 0 spiro atoms. The van der Waals surface area contributed by atoms with Gasteiger partial charge in [0.25, 0.3) is 5.56 Å². The van der Waals surface area contributed by atoms with Gasteiger partial charge in [-0.1, -0.05) is 15.9 Å². The summed E-state index contributed by atoms with van der Waals surface area (Å²) in [6, 6.07) is 4.10. The van der Waals surface area contributed by atoms with Crippen LogP contribution in [-0.4, -0.2) is 4.37 Å². The predicted molar refractivity (Wildman–Crippen MR) is 76.8 cm³/mol. The highest BCUT2D eigenvalue weighted by molar-refractivity contribution is 9.10. The van der Waals surface area contributed by atoms with E-state index in [0.29, 0.717) is 0 Å². The van der Waals surface area contributed by atoms with E-state index in [1.807, 2.05) is 0 Å². The summed E-state index contributed by atoms with van der Waals surface area (Å²) >= 11 is 3.92. The van der Waals surface area contributed by atoms with Crippen LogP contribution in [0, 0.1) is 18.3 Å². The van der Waals surface area contributed by atoms with Gasteiger partial charge < -0.3 is 5.32 Å². The molecular formula is C12H7BrF3N3OS. The van der Waals surface area contributed by atoms with E-state index in [-0.39, 0.29) is 26.3 Å². The summed E-state index contributed by atoms with van der Waals surface area (Å²) in [7, 11) is 0. The van der Waals surface area contributed by atoms with E-state index in [2.05, 4.69) is 25.6 Å². The first-order chi connectivity index (χ1) is 9.74. The van der Waals surface area contributed by atoms with Gasteiger partial charge in [0, 0.05) is 10.2 Å². The lowest BCUT2D eigenvalue weighted by Crippen LogP contribution is -2.09. The number of H-pyrrole nitrogens is 1. The molecule has 1 heterocycles. The molecule has 1 aromatic carbocycles. The van der Waals surface area contributed by atoms with Crippen LogP contribution in [0.1, 0.15) is 16.7 Å². The number of nitriles is 1. The molecule has 1 aromatic heterocycles. The molecule has 0 fully saturated rings. The number of nitrogens with zero attached hydrogens (tertiary/aromatic N) is 1. The van der Waals surface area contributed by atoms with Crippen molar-refractivity contribution < 1.29 is 13.2 Å². The minimum absolute atomic E-state index is 0.0656. The van der Waals surface area contributed by atoms with Crippen LogP contribution in [0.25, 0.3) is 0 Å². The molecule has 0 atom stereocenters. The van der Waals surface area contributed by atoms with E-state index < -0.39 is 17.3 Å². The SMILES string of the molecule is Cc1c(Br)cc(Nc2s[nH]c(=O)c2C#N)cc1C(F)(F)F. The summed E-state index contributed by atoms with van der Waals surface area (Å²) < 4.78 is 41.5. The van der Waals surface area contributed by atoms with Crippen molar-refractivity contribution >= 4 is 38.2 Å². The smallest absolute Gasteiger partial charge is 0.345 e. The van der Waals surface area contributed by atoms with Crippen molar-refractivity contribution in [1.82, 2.24) is 4.37 Å². The highest BCUT2D eigenvalue weighted by atomic mass is 79.9. The van der Waals surface area contributed by atoms with Gasteiger partial charge in [-0.2, -0.15) is 18.4 Å². The number of aromatic amines is 1. The number of hydrogen-bond donors (Lipinski definition) is 2. The number of alkyl halides is 3. The Balaban J connectivity index is 2.49. The van der Waals surface area contributed by atoms with Gasteiger partial charge in [0.05, 0.1) is 5.56 Å². The lowest BCUT2D eigenvalue weighted by Gasteiger charge is -2.14. The maximum atomic E-state index is 12.9. The molecule has 2 rings (SSSR count). The number of benzene rings is 1. The minimum Gasteiger partial charge on any atom is -0.345 e. The minimum atomic E-state index is -4.49. The fourth-order valence-corrected chi connectivity index (χ4v) is 2.83. The molecule has 0 amide bonds. The zero-order chi connectivity index (χ0) is 15.8. The second-order valence-corrected chi connectivity index (χ2v) is 5.77. The molecule has 0 unspecified atom stereocenters. The highest BCUT2D eigenvalue weighted by Crippen LogP contribution is 2.38. The molecule has 0 aliphatic heterocycles. The molecule has 0 saturated heterocycles. The van der Waals surface area contributed by atoms with Gasteiger partial charge in [0.2, 0.25) is 0 Å². The van der Waals surface area contributed by atoms with Gasteiger partial charge in [0.15, 0.2) is 5.56 Å². The molecule has 9 heteroatoms. The van der Waals surface area contributed by atoms with E-state index in [1.54, 1.807) is 6.07 Å². The monoisotopic (exact) mass is 377 g/mol. The largest absolute Gasteiger partial charge is 0.416 e. The van der Waals surface area contributed by atoms with Gasteiger partial charge in [0.1, 0.15) is 11.1 Å². The summed E-state index contributed by atoms with van der Waals surface area (Å²) in [5.74, 6) is 0. The van der Waals surface area contributed by atoms with Crippen molar-refractivity contribution in [1.29, 1.82) is 5.26 Å². The highest BCUT2D eigenvalue weighted by Gasteiger charge is 2.33. The van der Waals surface area contributed by atoms with Gasteiger partial charge in [-0.15, -0.1) is 0 Å². The molecule has 110 valence electrons. The Morgan fingerprint density at radius 1 is 1.43 bits per heavy atom. The fraction of sp³-hybridized carbons (Fsp3) is 0.167. The molecule has 0 saturated carbocycles. The maximum absolute atomic E-state index is 12.9. The first-order valence-electron chi connectivity index (χ1n) is 5.50. The summed E-state index contributed by atoms with van der Waals surface area (Å²) in [5, 5.41) is 11.7. The topological polar surface area (TPSA) is 68.7 Å². The number of halogens is 4. The van der Waals surface area contributed by atoms with Crippen LogP contribution in [-0.2, 0) is 6.18 Å². The first-order valence-corrected chi connectivity index (χ1v) is 7.11. The standard InChI is InChI=1S/C12H7BrF3N3OS/c1-5-8(12(14,15)16)2-6(3-9(5)13)18-11-7(4-17)10(20)19-21-11/h2-3,18H,1H3,(H,19,20). The molecule has 0 radical (unpaired) electrons. The average Bonchev–Trinajstić information content (AvgIpc) is 2.72. The van der Waals surface area contributed by atoms with Crippen LogP contribution in [0.2, 0.25) is 0 Å². The van der Waals surface area contributed by atoms with E-state index >= 15 is 0 Å². The van der Waals surface area contributed by atoms with Crippen LogP contribution < -0.4 is 10.9 Å². The van der Waals surface area contributed by atoms with E-state index in [1.165, 1.54) is 13.0 Å². The first kappa shape index (κ1) is 15.6. The molecule has 4 nitrogen and oxygen atoms in total. The van der Waals surface area contributed by atoms with Crippen LogP contribution >= 0.6 is 27.5 Å². The van der Waals surface area contributed by atoms with Crippen molar-refractivity contribution in [2.45, 2.75) is 13.1 Å². The Labute approximate surface area is 129 Å². The Hall–Kier alpha value is -1.79. The molecule has 0 aliphatic rings. The van der Waals surface area contributed by atoms with Gasteiger partial charge >= 0.3 is 6.18 Å². The second-order valence-electron chi connectivity index (χ2n) is 4.10. The number of nitrogens with one attached hydrogen (secondary N) is 2. The van der Waals surface area contributed by atoms with E-state index in [9.17, 15) is 18.0 Å². The van der Waals surface area contributed by atoms with Crippen molar-refractivity contribution in [3.05, 3.63) is 43.6 Å². The zero-order valence-electron chi connectivity index (χ0n) is 10.4. The van der Waals surface area contributed by atoms with Crippen molar-refractivity contribution in [2.75, 3.05) is 5.32 Å². The molecule has 0 aliphatic carbocycles. The van der Waals surface area contributed by atoms with Gasteiger partial charge in [-0.3, -0.25) is 9.17 Å². The van der Waals surface area contributed by atoms with E-state index in [4.69, 9.17) is 5.26 Å². The Morgan fingerprint density at radius 3 is 2.67 bits per heavy atom. The Kier molecular flexibility index (Phi) is 4.11. The van der Waals surface area contributed by atoms with Crippen molar-refractivity contribution in [3.8, 4) is 6.07 Å². The van der Waals surface area contributed by atoms with Gasteiger partial charge in [-0.05, 0) is 36.2 Å². The molecule has 21 heavy (non-hydrogen) atoms. The second kappa shape index (κ2) is 5.54. The average molecular weight is 378 g/mol. The third kappa shape index (κ3) is 3.11. The van der Waals surface area contributed by atoms with Crippen molar-refractivity contribution in [2.24, 2.45) is 0 Å². The molecule has 2 N–H and O–H groups in total. The normalized spacial score (nSPS) is 11.2. The third-order valence-corrected chi connectivity index (χ3v) is 4.34. The molecule has 2 aromatic rings. The lowest BCUT2D eigenvalue weighted by atomic mass is 10.1. The van der Waals surface area contributed by atoms with Crippen LogP contribution in [0.5, 0.6) is 0 Å². The summed E-state index contributed by atoms with van der Waals surface area (Å²) in [4.78, 5) is 11.3. The maximum Gasteiger partial charge on any atom is 0.416 e. The third-order valence-electron chi connectivity index (χ3n) is 2.72. The molecule has 0 bridgehead atoms. The van der Waals surface area contributed by atoms with Crippen molar-refractivity contribution in [3.63, 3.8) is 0 Å². The summed E-state index contributed by atoms with van der Waals surface area (Å²) in [6.45, 7) is 1.35. The summed E-state index contributed by atoms with van der Waals surface area (Å²) in [6.07, 6.45) is -4.49. The predicted octanol–water partition coefficient (Wildman–Crippen LogP) is 4.14. The lowest BCUT2D eigenvalue weighted by molar-refractivity contribution is -0.138. The zero-order valence-corrected chi connectivity index (χ0v) is 12.8. The molecular weight excluding hydrogens is 371 g/mol. The quantitative estimate of drug-likeness (QED) is 0.825. The number of aromatic nitrogens is 1. The Bertz CT molecular complexity index is 789. The number of hydrogen-bond acceptors (Lipinski definition) is 4. The Morgan fingerprint density at radius 2 is 2.10 bits per heavy atom. The van der Waals surface area contributed by atoms with Gasteiger partial charge in [-0.25, -0.2) is 0 Å². The van der Waals surface area contributed by atoms with Crippen LogP contribution in [0.3, 0.4) is 0 Å². The number of anilines is 2. The van der Waals surface area contributed by atoms with Crippen LogP contribution in [0.4, 0.5) is 23.9 Å². The fourth-order valence-electron chi connectivity index (χ4n) is 1.67. The summed E-state index contributed by atoms with van der Waals surface area (Å²) in [5.41, 5.74) is -1.33. The number of rotatable bonds is 2. The van der Waals surface area contributed by atoms with Crippen LogP contribution in [0.15, 0.2) is 21.4 Å². The van der Waals surface area contributed by atoms with E-state index in [0.717, 1.165) is 17.6 Å².